The van der Waals surface area contributed by atoms with Crippen LogP contribution in [0.1, 0.15) is 38.5 Å². The summed E-state index contributed by atoms with van der Waals surface area (Å²) < 4.78 is 0. The summed E-state index contributed by atoms with van der Waals surface area (Å²) in [4.78, 5) is 41.3. The Kier molecular flexibility index (Phi) is 5.94. The van der Waals surface area contributed by atoms with Crippen LogP contribution >= 0.6 is 11.3 Å². The van der Waals surface area contributed by atoms with E-state index in [1.54, 1.807) is 17.5 Å². The maximum Gasteiger partial charge on any atom is 0.326 e. The van der Waals surface area contributed by atoms with Gasteiger partial charge in [-0.1, -0.05) is 18.2 Å². The van der Waals surface area contributed by atoms with Crippen LogP contribution in [-0.4, -0.2) is 33.8 Å². The molecule has 0 aliphatic rings. The van der Waals surface area contributed by atoms with Gasteiger partial charge < -0.3 is 15.4 Å². The molecule has 2 aromatic heterocycles. The highest BCUT2D eigenvalue weighted by atomic mass is 32.1. The number of thiophene rings is 1. The lowest BCUT2D eigenvalue weighted by atomic mass is 10.0. The van der Waals surface area contributed by atoms with Crippen molar-refractivity contribution in [3.8, 4) is 0 Å². The van der Waals surface area contributed by atoms with E-state index in [2.05, 4.69) is 10.3 Å². The normalized spacial score (nSPS) is 12.1. The third kappa shape index (κ3) is 4.48. The Morgan fingerprint density at radius 1 is 1.18 bits per heavy atom. The fourth-order valence-corrected chi connectivity index (χ4v) is 4.20. The monoisotopic (exact) mass is 398 g/mol. The molecule has 3 N–H and O–H groups in total. The highest BCUT2D eigenvalue weighted by molar-refractivity contribution is 7.12. The SMILES string of the molecule is Cc1cc(C(=O)CCC(=O)NC(Cc2c[nH]c3ccccc23)C(=O)O)c(C)s1. The van der Waals surface area contributed by atoms with Gasteiger partial charge in [-0.15, -0.1) is 11.3 Å². The van der Waals surface area contributed by atoms with Gasteiger partial charge in [0.05, 0.1) is 0 Å². The predicted octanol–water partition coefficient (Wildman–Crippen LogP) is 3.62. The summed E-state index contributed by atoms with van der Waals surface area (Å²) in [6, 6.07) is 8.38. The lowest BCUT2D eigenvalue weighted by molar-refractivity contribution is -0.141. The van der Waals surface area contributed by atoms with Gasteiger partial charge in [-0.2, -0.15) is 0 Å². The van der Waals surface area contributed by atoms with Crippen molar-refractivity contribution in [1.29, 1.82) is 0 Å². The molecule has 0 saturated heterocycles. The quantitative estimate of drug-likeness (QED) is 0.505. The van der Waals surface area contributed by atoms with Crippen LogP contribution in [0.2, 0.25) is 0 Å². The minimum absolute atomic E-state index is 0.0369. The van der Waals surface area contributed by atoms with Crippen LogP contribution in [0.5, 0.6) is 0 Å². The second kappa shape index (κ2) is 8.39. The van der Waals surface area contributed by atoms with E-state index in [0.717, 1.165) is 26.2 Å². The molecule has 0 saturated carbocycles. The van der Waals surface area contributed by atoms with Gasteiger partial charge in [0.1, 0.15) is 6.04 Å². The molecule has 7 heteroatoms. The molecular formula is C21H22N2O4S. The molecule has 0 bridgehead atoms. The Hall–Kier alpha value is -2.93. The van der Waals surface area contributed by atoms with Crippen LogP contribution < -0.4 is 5.32 Å². The zero-order chi connectivity index (χ0) is 20.3. The lowest BCUT2D eigenvalue weighted by Crippen LogP contribution is -2.42. The molecule has 3 aromatic rings. The van der Waals surface area contributed by atoms with Crippen LogP contribution in [0, 0.1) is 13.8 Å². The molecule has 146 valence electrons. The topological polar surface area (TPSA) is 99.3 Å². The fourth-order valence-electron chi connectivity index (χ4n) is 3.26. The number of benzene rings is 1. The molecule has 0 aliphatic heterocycles. The summed E-state index contributed by atoms with van der Waals surface area (Å²) in [6.45, 7) is 3.82. The molecule has 0 spiro atoms. The Labute approximate surface area is 166 Å². The number of aromatic amines is 1. The first-order valence-electron chi connectivity index (χ1n) is 9.02. The average molecular weight is 398 g/mol. The van der Waals surface area contributed by atoms with Crippen LogP contribution in [0.4, 0.5) is 0 Å². The van der Waals surface area contributed by atoms with Crippen molar-refractivity contribution in [3.05, 3.63) is 57.4 Å². The first-order valence-corrected chi connectivity index (χ1v) is 9.84. The first kappa shape index (κ1) is 19.8. The summed E-state index contributed by atoms with van der Waals surface area (Å²) in [5.74, 6) is -1.64. The van der Waals surface area contributed by atoms with E-state index in [9.17, 15) is 19.5 Å². The Bertz CT molecular complexity index is 1030. The smallest absolute Gasteiger partial charge is 0.326 e. The van der Waals surface area contributed by atoms with Crippen molar-refractivity contribution in [1.82, 2.24) is 10.3 Å². The van der Waals surface area contributed by atoms with Gasteiger partial charge in [-0.25, -0.2) is 4.79 Å². The Balaban J connectivity index is 1.61. The van der Waals surface area contributed by atoms with Crippen molar-refractivity contribution >= 4 is 39.9 Å². The molecule has 6 nitrogen and oxygen atoms in total. The molecule has 1 unspecified atom stereocenters. The van der Waals surface area contributed by atoms with Gasteiger partial charge in [0.25, 0.3) is 0 Å². The summed E-state index contributed by atoms with van der Waals surface area (Å²) in [5.41, 5.74) is 2.38. The second-order valence-electron chi connectivity index (χ2n) is 6.77. The van der Waals surface area contributed by atoms with Gasteiger partial charge in [0.2, 0.25) is 5.91 Å². The van der Waals surface area contributed by atoms with Crippen molar-refractivity contribution in [2.45, 2.75) is 39.2 Å². The van der Waals surface area contributed by atoms with Crippen molar-refractivity contribution in [2.24, 2.45) is 0 Å². The third-order valence-corrected chi connectivity index (χ3v) is 5.62. The van der Waals surface area contributed by atoms with Gasteiger partial charge in [0, 0.05) is 51.7 Å². The molecule has 0 fully saturated rings. The van der Waals surface area contributed by atoms with Crippen molar-refractivity contribution in [3.63, 3.8) is 0 Å². The molecule has 1 amide bonds. The van der Waals surface area contributed by atoms with E-state index in [1.165, 1.54) is 0 Å². The number of amides is 1. The van der Waals surface area contributed by atoms with E-state index in [1.807, 2.05) is 44.2 Å². The largest absolute Gasteiger partial charge is 0.480 e. The van der Waals surface area contributed by atoms with Crippen molar-refractivity contribution in [2.75, 3.05) is 0 Å². The number of carboxylic acid groups (broad SMARTS) is 1. The zero-order valence-corrected chi connectivity index (χ0v) is 16.6. The molecular weight excluding hydrogens is 376 g/mol. The molecule has 0 radical (unpaired) electrons. The number of ketones is 1. The number of aliphatic carboxylic acids is 1. The van der Waals surface area contributed by atoms with Crippen LogP contribution in [0.25, 0.3) is 10.9 Å². The minimum Gasteiger partial charge on any atom is -0.480 e. The number of hydrogen-bond acceptors (Lipinski definition) is 4. The zero-order valence-electron chi connectivity index (χ0n) is 15.7. The lowest BCUT2D eigenvalue weighted by Gasteiger charge is -2.14. The summed E-state index contributed by atoms with van der Waals surface area (Å²) in [6.07, 6.45) is 1.95. The van der Waals surface area contributed by atoms with E-state index >= 15 is 0 Å². The van der Waals surface area contributed by atoms with Gasteiger partial charge in [0.15, 0.2) is 5.78 Å². The van der Waals surface area contributed by atoms with Crippen LogP contribution in [-0.2, 0) is 16.0 Å². The van der Waals surface area contributed by atoms with E-state index < -0.39 is 17.9 Å². The molecule has 2 heterocycles. The number of fused-ring (bicyclic) bond motifs is 1. The number of carbonyl (C=O) groups is 3. The highest BCUT2D eigenvalue weighted by Crippen LogP contribution is 2.22. The average Bonchev–Trinajstić information content (AvgIpc) is 3.21. The maximum atomic E-state index is 12.3. The van der Waals surface area contributed by atoms with Crippen LogP contribution in [0.15, 0.2) is 36.5 Å². The predicted molar refractivity (Wildman–Crippen MR) is 109 cm³/mol. The molecule has 1 aromatic carbocycles. The number of H-pyrrole nitrogens is 1. The summed E-state index contributed by atoms with van der Waals surface area (Å²) in [5, 5.41) is 13.0. The number of rotatable bonds is 8. The number of carbonyl (C=O) groups excluding carboxylic acids is 2. The number of para-hydroxylation sites is 1. The Morgan fingerprint density at radius 3 is 2.61 bits per heavy atom. The number of Topliss-reactive ketones (excluding diaryl/α,β-unsaturated/α-hetero) is 1. The highest BCUT2D eigenvalue weighted by Gasteiger charge is 2.22. The third-order valence-electron chi connectivity index (χ3n) is 4.65. The number of aromatic nitrogens is 1. The maximum absolute atomic E-state index is 12.3. The van der Waals surface area contributed by atoms with Gasteiger partial charge >= 0.3 is 5.97 Å². The number of nitrogens with one attached hydrogen (secondary N) is 2. The summed E-state index contributed by atoms with van der Waals surface area (Å²) in [7, 11) is 0. The van der Waals surface area contributed by atoms with Crippen LogP contribution in [0.3, 0.4) is 0 Å². The minimum atomic E-state index is -1.10. The second-order valence-corrected chi connectivity index (χ2v) is 8.23. The van der Waals surface area contributed by atoms with E-state index in [-0.39, 0.29) is 25.0 Å². The van der Waals surface area contributed by atoms with E-state index in [0.29, 0.717) is 5.56 Å². The van der Waals surface area contributed by atoms with Gasteiger partial charge in [-0.3, -0.25) is 9.59 Å². The molecule has 28 heavy (non-hydrogen) atoms. The molecule has 0 aliphatic carbocycles. The Morgan fingerprint density at radius 2 is 1.93 bits per heavy atom. The standard InChI is InChI=1S/C21H22N2O4S/c1-12-9-16(13(2)28-12)19(24)7-8-20(25)23-18(21(26)27)10-14-11-22-17-6-4-3-5-15(14)17/h3-6,9,11,18,22H,7-8,10H2,1-2H3,(H,23,25)(H,26,27). The first-order chi connectivity index (χ1) is 13.3. The number of aryl methyl sites for hydroxylation is 2. The fraction of sp³-hybridized carbons (Fsp3) is 0.286. The summed E-state index contributed by atoms with van der Waals surface area (Å²) >= 11 is 1.55. The van der Waals surface area contributed by atoms with E-state index in [4.69, 9.17) is 0 Å². The number of hydrogen-bond donors (Lipinski definition) is 3. The number of carboxylic acids is 1. The molecule has 1 atom stereocenters. The van der Waals surface area contributed by atoms with Gasteiger partial charge in [-0.05, 0) is 31.5 Å². The molecule has 3 rings (SSSR count). The van der Waals surface area contributed by atoms with Crippen molar-refractivity contribution < 1.29 is 19.5 Å².